The zero-order valence-corrected chi connectivity index (χ0v) is 13.3. The second kappa shape index (κ2) is 8.31. The third kappa shape index (κ3) is 4.55. The number of nitrogens with one attached hydrogen (secondary N) is 1. The Balaban J connectivity index is 2.05. The second-order valence-electron chi connectivity index (χ2n) is 5.45. The Kier molecular flexibility index (Phi) is 6.14. The van der Waals surface area contributed by atoms with E-state index in [1.165, 1.54) is 4.90 Å². The van der Waals surface area contributed by atoms with Gasteiger partial charge in [-0.2, -0.15) is 0 Å². The van der Waals surface area contributed by atoms with Gasteiger partial charge in [-0.05, 0) is 18.6 Å². The van der Waals surface area contributed by atoms with Crippen molar-refractivity contribution < 1.29 is 19.1 Å². The average Bonchev–Trinajstić information content (AvgIpc) is 2.57. The van der Waals surface area contributed by atoms with E-state index < -0.39 is 12.0 Å². The highest BCUT2D eigenvalue weighted by Gasteiger charge is 2.35. The molecule has 1 fully saturated rings. The van der Waals surface area contributed by atoms with Gasteiger partial charge in [-0.1, -0.05) is 31.5 Å². The minimum Gasteiger partial charge on any atom is -0.466 e. The molecule has 1 aromatic carbocycles. The minimum absolute atomic E-state index is 0.117. The molecule has 1 aliphatic rings. The van der Waals surface area contributed by atoms with E-state index in [0.717, 1.165) is 12.8 Å². The molecule has 0 bridgehead atoms. The molecule has 1 unspecified atom stereocenters. The Hall–Kier alpha value is -2.37. The van der Waals surface area contributed by atoms with Gasteiger partial charge in [0, 0.05) is 18.7 Å². The largest absolute Gasteiger partial charge is 0.466 e. The van der Waals surface area contributed by atoms with Crippen molar-refractivity contribution in [3.8, 4) is 0 Å². The van der Waals surface area contributed by atoms with Crippen LogP contribution in [0.3, 0.4) is 0 Å². The summed E-state index contributed by atoms with van der Waals surface area (Å²) < 4.78 is 5.11. The Morgan fingerprint density at radius 2 is 2.04 bits per heavy atom. The van der Waals surface area contributed by atoms with Crippen LogP contribution in [0.15, 0.2) is 30.3 Å². The number of benzene rings is 1. The number of rotatable bonds is 6. The first-order valence-corrected chi connectivity index (χ1v) is 7.93. The number of carbonyl (C=O) groups is 3. The van der Waals surface area contributed by atoms with E-state index >= 15 is 0 Å². The molecule has 2 amide bonds. The maximum Gasteiger partial charge on any atom is 0.308 e. The van der Waals surface area contributed by atoms with E-state index in [0.29, 0.717) is 25.3 Å². The molecule has 1 atom stereocenters. The number of hydrogen-bond donors (Lipinski definition) is 1. The Morgan fingerprint density at radius 3 is 2.74 bits per heavy atom. The molecule has 6 nitrogen and oxygen atoms in total. The van der Waals surface area contributed by atoms with Gasteiger partial charge in [-0.3, -0.25) is 14.4 Å². The van der Waals surface area contributed by atoms with Crippen molar-refractivity contribution in [2.75, 3.05) is 19.7 Å². The summed E-state index contributed by atoms with van der Waals surface area (Å²) in [6.45, 7) is 3.12. The van der Waals surface area contributed by atoms with Crippen LogP contribution in [0.25, 0.3) is 0 Å². The fraction of sp³-hybridized carbons (Fsp3) is 0.471. The van der Waals surface area contributed by atoms with Crippen LogP contribution in [-0.2, 0) is 14.3 Å². The maximum atomic E-state index is 12.6. The summed E-state index contributed by atoms with van der Waals surface area (Å²) in [7, 11) is 0. The first-order chi connectivity index (χ1) is 11.1. The Labute approximate surface area is 135 Å². The molecular formula is C17H22N2O4. The van der Waals surface area contributed by atoms with Crippen molar-refractivity contribution in [1.29, 1.82) is 0 Å². The number of unbranched alkanes of at least 4 members (excludes halogenated alkanes) is 1. The van der Waals surface area contributed by atoms with Crippen LogP contribution in [0.5, 0.6) is 0 Å². The minimum atomic E-state index is -0.814. The molecule has 1 saturated heterocycles. The van der Waals surface area contributed by atoms with Crippen molar-refractivity contribution in [1.82, 2.24) is 10.2 Å². The van der Waals surface area contributed by atoms with Crippen molar-refractivity contribution in [3.05, 3.63) is 35.9 Å². The van der Waals surface area contributed by atoms with E-state index in [1.807, 2.05) is 13.0 Å². The van der Waals surface area contributed by atoms with Crippen LogP contribution in [0.2, 0.25) is 0 Å². The fourth-order valence-corrected chi connectivity index (χ4v) is 2.45. The van der Waals surface area contributed by atoms with Crippen molar-refractivity contribution in [3.63, 3.8) is 0 Å². The molecule has 1 heterocycles. The van der Waals surface area contributed by atoms with E-state index in [9.17, 15) is 14.4 Å². The summed E-state index contributed by atoms with van der Waals surface area (Å²) in [5.41, 5.74) is 0.506. The highest BCUT2D eigenvalue weighted by Crippen LogP contribution is 2.14. The number of amides is 2. The lowest BCUT2D eigenvalue weighted by Gasteiger charge is -2.34. The molecule has 0 radical (unpaired) electrons. The lowest BCUT2D eigenvalue weighted by molar-refractivity contribution is -0.147. The zero-order valence-electron chi connectivity index (χ0n) is 13.3. The highest BCUT2D eigenvalue weighted by molar-refractivity contribution is 5.99. The van der Waals surface area contributed by atoms with Crippen LogP contribution in [-0.4, -0.2) is 48.4 Å². The molecule has 23 heavy (non-hydrogen) atoms. The quantitative estimate of drug-likeness (QED) is 0.635. The first-order valence-electron chi connectivity index (χ1n) is 7.93. The van der Waals surface area contributed by atoms with Crippen LogP contribution in [0.4, 0.5) is 0 Å². The van der Waals surface area contributed by atoms with Gasteiger partial charge in [0.2, 0.25) is 5.91 Å². The summed E-state index contributed by atoms with van der Waals surface area (Å²) in [6, 6.07) is 7.95. The third-order valence-corrected chi connectivity index (χ3v) is 3.73. The van der Waals surface area contributed by atoms with Crippen molar-refractivity contribution in [2.45, 2.75) is 32.2 Å². The Morgan fingerprint density at radius 1 is 1.30 bits per heavy atom. The zero-order chi connectivity index (χ0) is 16.7. The van der Waals surface area contributed by atoms with E-state index in [-0.39, 0.29) is 18.2 Å². The third-order valence-electron chi connectivity index (χ3n) is 3.73. The van der Waals surface area contributed by atoms with Gasteiger partial charge in [0.15, 0.2) is 0 Å². The molecule has 1 aromatic rings. The standard InChI is InChI=1S/C17H22N2O4/c1-2-3-11-23-15(20)12-14-16(21)18-9-10-19(14)17(22)13-7-5-4-6-8-13/h4-8,14H,2-3,9-12H2,1H3,(H,18,21). The van der Waals surface area contributed by atoms with Gasteiger partial charge in [0.1, 0.15) is 6.04 Å². The molecule has 6 heteroatoms. The van der Waals surface area contributed by atoms with Crippen LogP contribution < -0.4 is 5.32 Å². The number of piperazine rings is 1. The first kappa shape index (κ1) is 17.0. The van der Waals surface area contributed by atoms with E-state index in [4.69, 9.17) is 4.74 Å². The fourth-order valence-electron chi connectivity index (χ4n) is 2.45. The molecule has 124 valence electrons. The molecule has 1 N–H and O–H groups in total. The summed E-state index contributed by atoms with van der Waals surface area (Å²) in [5, 5.41) is 2.70. The number of ether oxygens (including phenoxy) is 1. The second-order valence-corrected chi connectivity index (χ2v) is 5.45. The predicted octanol–water partition coefficient (Wildman–Crippen LogP) is 1.36. The smallest absolute Gasteiger partial charge is 0.308 e. The van der Waals surface area contributed by atoms with Gasteiger partial charge in [-0.25, -0.2) is 0 Å². The van der Waals surface area contributed by atoms with Gasteiger partial charge in [0.25, 0.3) is 5.91 Å². The highest BCUT2D eigenvalue weighted by atomic mass is 16.5. The molecular weight excluding hydrogens is 296 g/mol. The lowest BCUT2D eigenvalue weighted by atomic mass is 10.1. The Bertz CT molecular complexity index is 559. The topological polar surface area (TPSA) is 75.7 Å². The summed E-state index contributed by atoms with van der Waals surface area (Å²) in [6.07, 6.45) is 1.60. The molecule has 2 rings (SSSR count). The van der Waals surface area contributed by atoms with Gasteiger partial charge in [-0.15, -0.1) is 0 Å². The molecule has 0 aromatic heterocycles. The van der Waals surface area contributed by atoms with E-state index in [2.05, 4.69) is 5.32 Å². The number of esters is 1. The molecule has 0 spiro atoms. The van der Waals surface area contributed by atoms with Crippen molar-refractivity contribution in [2.24, 2.45) is 0 Å². The van der Waals surface area contributed by atoms with E-state index in [1.54, 1.807) is 24.3 Å². The number of nitrogens with zero attached hydrogens (tertiary/aromatic N) is 1. The average molecular weight is 318 g/mol. The van der Waals surface area contributed by atoms with Gasteiger partial charge in [0.05, 0.1) is 13.0 Å². The van der Waals surface area contributed by atoms with Gasteiger partial charge >= 0.3 is 5.97 Å². The summed E-state index contributed by atoms with van der Waals surface area (Å²) in [5.74, 6) is -1.01. The summed E-state index contributed by atoms with van der Waals surface area (Å²) in [4.78, 5) is 38.0. The molecule has 0 aliphatic carbocycles. The maximum absolute atomic E-state index is 12.6. The SMILES string of the molecule is CCCCOC(=O)CC1C(=O)NCCN1C(=O)c1ccccc1. The van der Waals surface area contributed by atoms with Crippen LogP contribution in [0.1, 0.15) is 36.5 Å². The van der Waals surface area contributed by atoms with Gasteiger partial charge < -0.3 is 15.0 Å². The predicted molar refractivity (Wildman–Crippen MR) is 84.8 cm³/mol. The number of hydrogen-bond acceptors (Lipinski definition) is 4. The number of carbonyl (C=O) groups excluding carboxylic acids is 3. The normalized spacial score (nSPS) is 17.5. The summed E-state index contributed by atoms with van der Waals surface area (Å²) >= 11 is 0. The lowest BCUT2D eigenvalue weighted by Crippen LogP contribution is -2.57. The van der Waals surface area contributed by atoms with Crippen LogP contribution >= 0.6 is 0 Å². The van der Waals surface area contributed by atoms with Crippen LogP contribution in [0, 0.1) is 0 Å². The van der Waals surface area contributed by atoms with Crippen molar-refractivity contribution >= 4 is 17.8 Å². The molecule has 1 aliphatic heterocycles. The monoisotopic (exact) mass is 318 g/mol. The molecule has 0 saturated carbocycles.